The van der Waals surface area contributed by atoms with Crippen LogP contribution in [0.25, 0.3) is 0 Å². The third kappa shape index (κ3) is 2.20. The Kier molecular flexibility index (Phi) is 3.53. The van der Waals surface area contributed by atoms with Crippen LogP contribution in [0.15, 0.2) is 0 Å². The normalized spacial score (nSPS) is 36.0. The summed E-state index contributed by atoms with van der Waals surface area (Å²) in [4.78, 5) is 0. The van der Waals surface area contributed by atoms with Crippen molar-refractivity contribution in [2.45, 2.75) is 51.7 Å². The third-order valence-corrected chi connectivity index (χ3v) is 3.11. The molecule has 2 heteroatoms. The number of hydrogen-bond acceptors (Lipinski definition) is 2. The van der Waals surface area contributed by atoms with Crippen LogP contribution < -0.4 is 0 Å². The van der Waals surface area contributed by atoms with Gasteiger partial charge < -0.3 is 10.2 Å². The van der Waals surface area contributed by atoms with Crippen molar-refractivity contribution in [3.05, 3.63) is 0 Å². The van der Waals surface area contributed by atoms with Crippen LogP contribution in [0.1, 0.15) is 39.5 Å². The van der Waals surface area contributed by atoms with Crippen LogP contribution in [0.3, 0.4) is 0 Å². The molecule has 12 heavy (non-hydrogen) atoms. The van der Waals surface area contributed by atoms with E-state index in [9.17, 15) is 10.2 Å². The van der Waals surface area contributed by atoms with Gasteiger partial charge in [-0.3, -0.25) is 0 Å². The fraction of sp³-hybridized carbons (Fsp3) is 1.00. The van der Waals surface area contributed by atoms with Gasteiger partial charge in [0.2, 0.25) is 0 Å². The predicted octanol–water partition coefficient (Wildman–Crippen LogP) is 1.55. The predicted molar refractivity (Wildman–Crippen MR) is 48.8 cm³/mol. The number of hydrogen-bond donors (Lipinski definition) is 2. The number of aliphatic hydroxyl groups is 2. The highest BCUT2D eigenvalue weighted by molar-refractivity contribution is 4.81. The van der Waals surface area contributed by atoms with Crippen LogP contribution in [-0.2, 0) is 0 Å². The summed E-state index contributed by atoms with van der Waals surface area (Å²) in [6.45, 7) is 3.68. The van der Waals surface area contributed by atoms with E-state index in [0.717, 1.165) is 12.8 Å². The minimum Gasteiger partial charge on any atom is -0.393 e. The second-order valence-corrected chi connectivity index (χ2v) is 4.09. The fourth-order valence-electron chi connectivity index (χ4n) is 2.39. The molecule has 2 N–H and O–H groups in total. The fourth-order valence-corrected chi connectivity index (χ4v) is 2.39. The van der Waals surface area contributed by atoms with Gasteiger partial charge in [-0.25, -0.2) is 0 Å². The zero-order valence-electron chi connectivity index (χ0n) is 8.03. The molecule has 0 radical (unpaired) electrons. The highest BCUT2D eigenvalue weighted by Crippen LogP contribution is 2.34. The van der Waals surface area contributed by atoms with Gasteiger partial charge in [0.25, 0.3) is 0 Å². The Hall–Kier alpha value is -0.0800. The molecular formula is C10H20O2. The van der Waals surface area contributed by atoms with Crippen molar-refractivity contribution in [3.8, 4) is 0 Å². The van der Waals surface area contributed by atoms with E-state index in [4.69, 9.17) is 0 Å². The molecule has 1 aliphatic rings. The topological polar surface area (TPSA) is 40.5 Å². The lowest BCUT2D eigenvalue weighted by Crippen LogP contribution is -2.35. The van der Waals surface area contributed by atoms with Gasteiger partial charge in [-0.15, -0.1) is 0 Å². The first-order valence-electron chi connectivity index (χ1n) is 4.99. The van der Waals surface area contributed by atoms with E-state index in [1.807, 2.05) is 13.8 Å². The molecule has 4 unspecified atom stereocenters. The van der Waals surface area contributed by atoms with Crippen molar-refractivity contribution in [2.24, 2.45) is 11.8 Å². The van der Waals surface area contributed by atoms with Gasteiger partial charge in [-0.05, 0) is 38.5 Å². The lowest BCUT2D eigenvalue weighted by Gasteiger charge is -2.35. The van der Waals surface area contributed by atoms with E-state index in [1.165, 1.54) is 12.8 Å². The average Bonchev–Trinajstić information content (AvgIpc) is 2.04. The molecule has 0 saturated heterocycles. The van der Waals surface area contributed by atoms with Gasteiger partial charge in [0, 0.05) is 0 Å². The van der Waals surface area contributed by atoms with E-state index in [-0.39, 0.29) is 12.2 Å². The van der Waals surface area contributed by atoms with Crippen molar-refractivity contribution in [1.29, 1.82) is 0 Å². The van der Waals surface area contributed by atoms with E-state index in [0.29, 0.717) is 11.8 Å². The molecule has 4 atom stereocenters. The van der Waals surface area contributed by atoms with E-state index in [1.54, 1.807) is 0 Å². The Balaban J connectivity index is 2.54. The second-order valence-electron chi connectivity index (χ2n) is 4.09. The molecule has 1 fully saturated rings. The van der Waals surface area contributed by atoms with E-state index < -0.39 is 0 Å². The summed E-state index contributed by atoms with van der Waals surface area (Å²) in [6, 6.07) is 0. The molecule has 1 aliphatic carbocycles. The Bertz CT molecular complexity index is 116. The molecule has 0 spiro atoms. The molecule has 72 valence electrons. The van der Waals surface area contributed by atoms with Gasteiger partial charge in [0.15, 0.2) is 0 Å². The summed E-state index contributed by atoms with van der Waals surface area (Å²) in [5.74, 6) is 0.637. The van der Waals surface area contributed by atoms with Gasteiger partial charge in [-0.2, -0.15) is 0 Å². The molecule has 0 aliphatic heterocycles. The molecule has 0 aromatic rings. The Labute approximate surface area is 74.6 Å². The summed E-state index contributed by atoms with van der Waals surface area (Å²) in [5, 5.41) is 19.0. The van der Waals surface area contributed by atoms with E-state index >= 15 is 0 Å². The Morgan fingerprint density at radius 1 is 0.917 bits per heavy atom. The summed E-state index contributed by atoms with van der Waals surface area (Å²) >= 11 is 0. The minimum absolute atomic E-state index is 0.259. The lowest BCUT2D eigenvalue weighted by atomic mass is 9.74. The van der Waals surface area contributed by atoms with Crippen LogP contribution >= 0.6 is 0 Å². The summed E-state index contributed by atoms with van der Waals surface area (Å²) in [5.41, 5.74) is 0. The summed E-state index contributed by atoms with van der Waals surface area (Å²) in [6.07, 6.45) is 4.05. The molecule has 0 aromatic heterocycles. The van der Waals surface area contributed by atoms with Crippen LogP contribution in [0.2, 0.25) is 0 Å². The first-order valence-corrected chi connectivity index (χ1v) is 4.99. The molecule has 0 heterocycles. The molecule has 0 aromatic carbocycles. The minimum atomic E-state index is -0.259. The highest BCUT2D eigenvalue weighted by atomic mass is 16.3. The maximum Gasteiger partial charge on any atom is 0.0543 e. The zero-order chi connectivity index (χ0) is 9.14. The molecule has 1 saturated carbocycles. The van der Waals surface area contributed by atoms with Crippen molar-refractivity contribution in [1.82, 2.24) is 0 Å². The molecule has 0 amide bonds. The molecule has 2 nitrogen and oxygen atoms in total. The van der Waals surface area contributed by atoms with Crippen LogP contribution in [-0.4, -0.2) is 22.4 Å². The van der Waals surface area contributed by atoms with Gasteiger partial charge in [-0.1, -0.05) is 12.8 Å². The molecule has 0 bridgehead atoms. The van der Waals surface area contributed by atoms with Crippen LogP contribution in [0.4, 0.5) is 0 Å². The smallest absolute Gasteiger partial charge is 0.0543 e. The van der Waals surface area contributed by atoms with E-state index in [2.05, 4.69) is 0 Å². The van der Waals surface area contributed by atoms with Gasteiger partial charge >= 0.3 is 0 Å². The average molecular weight is 172 g/mol. The van der Waals surface area contributed by atoms with Crippen molar-refractivity contribution in [3.63, 3.8) is 0 Å². The molecular weight excluding hydrogens is 152 g/mol. The highest BCUT2D eigenvalue weighted by Gasteiger charge is 2.31. The quantitative estimate of drug-likeness (QED) is 0.663. The first-order chi connectivity index (χ1) is 5.63. The van der Waals surface area contributed by atoms with Crippen molar-refractivity contribution >= 4 is 0 Å². The van der Waals surface area contributed by atoms with Crippen molar-refractivity contribution in [2.75, 3.05) is 0 Å². The van der Waals surface area contributed by atoms with Crippen LogP contribution in [0, 0.1) is 11.8 Å². The number of aliphatic hydroxyl groups excluding tert-OH is 2. The maximum absolute atomic E-state index is 9.49. The summed E-state index contributed by atoms with van der Waals surface area (Å²) in [7, 11) is 0. The SMILES string of the molecule is CC(O)C1CCCCC1C(C)O. The standard InChI is InChI=1S/C10H20O2/c1-7(11)9-5-3-4-6-10(9)8(2)12/h7-12H,3-6H2,1-2H3. The lowest BCUT2D eigenvalue weighted by molar-refractivity contribution is -0.000710. The number of rotatable bonds is 2. The Morgan fingerprint density at radius 3 is 1.50 bits per heavy atom. The van der Waals surface area contributed by atoms with Gasteiger partial charge in [0.05, 0.1) is 12.2 Å². The third-order valence-electron chi connectivity index (χ3n) is 3.11. The van der Waals surface area contributed by atoms with Crippen LogP contribution in [0.5, 0.6) is 0 Å². The monoisotopic (exact) mass is 172 g/mol. The summed E-state index contributed by atoms with van der Waals surface area (Å²) < 4.78 is 0. The first kappa shape index (κ1) is 10.0. The largest absolute Gasteiger partial charge is 0.393 e. The van der Waals surface area contributed by atoms with Gasteiger partial charge in [0.1, 0.15) is 0 Å². The second kappa shape index (κ2) is 4.24. The zero-order valence-corrected chi connectivity index (χ0v) is 8.03. The maximum atomic E-state index is 9.49. The van der Waals surface area contributed by atoms with Crippen molar-refractivity contribution < 1.29 is 10.2 Å². The Morgan fingerprint density at radius 2 is 1.25 bits per heavy atom. The molecule has 1 rings (SSSR count).